The lowest BCUT2D eigenvalue weighted by Gasteiger charge is -2.08. The molecule has 0 atom stereocenters. The van der Waals surface area contributed by atoms with Crippen molar-refractivity contribution in [2.24, 2.45) is 0 Å². The van der Waals surface area contributed by atoms with E-state index in [1.807, 2.05) is 24.3 Å². The summed E-state index contributed by atoms with van der Waals surface area (Å²) in [5.74, 6) is 0.972. The summed E-state index contributed by atoms with van der Waals surface area (Å²) in [5, 5.41) is 5.88. The number of nitrogens with zero attached hydrogens (tertiary/aromatic N) is 2. The fraction of sp³-hybridized carbons (Fsp3) is 0.143. The summed E-state index contributed by atoms with van der Waals surface area (Å²) in [7, 11) is 1.61. The van der Waals surface area contributed by atoms with Crippen LogP contribution in [0.25, 0.3) is 0 Å². The third-order valence-corrected chi connectivity index (χ3v) is 4.06. The van der Waals surface area contributed by atoms with Crippen LogP contribution < -0.4 is 15.4 Å². The molecule has 0 bridgehead atoms. The van der Waals surface area contributed by atoms with E-state index in [4.69, 9.17) is 4.74 Å². The van der Waals surface area contributed by atoms with Crippen LogP contribution in [0.4, 0.5) is 11.5 Å². The molecule has 0 fully saturated rings. The van der Waals surface area contributed by atoms with E-state index in [2.05, 4.69) is 20.6 Å². The second kappa shape index (κ2) is 8.77. The quantitative estimate of drug-likeness (QED) is 0.614. The van der Waals surface area contributed by atoms with E-state index in [9.17, 15) is 9.59 Å². The molecule has 1 heterocycles. The predicted octanol–water partition coefficient (Wildman–Crippen LogP) is 3.36. The van der Waals surface area contributed by atoms with Gasteiger partial charge in [-0.15, -0.1) is 0 Å². The summed E-state index contributed by atoms with van der Waals surface area (Å²) in [6, 6.07) is 14.5. The summed E-state index contributed by atoms with van der Waals surface area (Å²) >= 11 is 0. The van der Waals surface area contributed by atoms with Crippen molar-refractivity contribution in [3.63, 3.8) is 0 Å². The average Bonchev–Trinajstić information content (AvgIpc) is 2.73. The van der Waals surface area contributed by atoms with E-state index in [1.165, 1.54) is 19.3 Å². The number of benzene rings is 2. The van der Waals surface area contributed by atoms with Crippen molar-refractivity contribution in [1.82, 2.24) is 15.3 Å². The van der Waals surface area contributed by atoms with Gasteiger partial charge in [-0.3, -0.25) is 9.59 Å². The summed E-state index contributed by atoms with van der Waals surface area (Å²) < 4.78 is 5.11. The Morgan fingerprint density at radius 1 is 0.964 bits per heavy atom. The molecule has 3 rings (SSSR count). The maximum absolute atomic E-state index is 12.2. The molecule has 7 nitrogen and oxygen atoms in total. The number of amides is 1. The van der Waals surface area contributed by atoms with Crippen LogP contribution in [0.2, 0.25) is 0 Å². The largest absolute Gasteiger partial charge is 0.497 e. The van der Waals surface area contributed by atoms with Crippen LogP contribution >= 0.6 is 0 Å². The van der Waals surface area contributed by atoms with E-state index in [0.29, 0.717) is 17.9 Å². The van der Waals surface area contributed by atoms with Gasteiger partial charge in [0.15, 0.2) is 5.78 Å². The maximum atomic E-state index is 12.2. The van der Waals surface area contributed by atoms with Crippen molar-refractivity contribution in [1.29, 1.82) is 0 Å². The highest BCUT2D eigenvalue weighted by atomic mass is 16.5. The van der Waals surface area contributed by atoms with Crippen LogP contribution in [0.5, 0.6) is 5.75 Å². The van der Waals surface area contributed by atoms with Gasteiger partial charge in [0.1, 0.15) is 17.3 Å². The standard InChI is InChI=1S/C21H20N4O3/c1-14(26)16-5-7-17(8-6-16)25-20-13-22-19(12-23-20)21(27)24-11-15-3-9-18(28-2)10-4-15/h3-10,12-13H,11H2,1-2H3,(H,23,25)(H,24,27). The highest BCUT2D eigenvalue weighted by Crippen LogP contribution is 2.15. The zero-order valence-electron chi connectivity index (χ0n) is 15.6. The number of hydrogen-bond donors (Lipinski definition) is 2. The molecule has 0 saturated carbocycles. The number of carbonyl (C=O) groups excluding carboxylic acids is 2. The van der Waals surface area contributed by atoms with Crippen molar-refractivity contribution in [3.05, 3.63) is 77.7 Å². The fourth-order valence-corrected chi connectivity index (χ4v) is 2.46. The lowest BCUT2D eigenvalue weighted by Crippen LogP contribution is -2.24. The molecule has 1 amide bonds. The van der Waals surface area contributed by atoms with E-state index in [0.717, 1.165) is 17.0 Å². The second-order valence-corrected chi connectivity index (χ2v) is 6.08. The topological polar surface area (TPSA) is 93.2 Å². The van der Waals surface area contributed by atoms with Crippen LogP contribution in [0.15, 0.2) is 60.9 Å². The number of rotatable bonds is 7. The Labute approximate surface area is 162 Å². The van der Waals surface area contributed by atoms with E-state index in [-0.39, 0.29) is 17.4 Å². The number of Topliss-reactive ketones (excluding diaryl/α,β-unsaturated/α-hetero) is 1. The number of hydrogen-bond acceptors (Lipinski definition) is 6. The van der Waals surface area contributed by atoms with E-state index < -0.39 is 0 Å². The molecule has 2 N–H and O–H groups in total. The zero-order valence-corrected chi connectivity index (χ0v) is 15.6. The van der Waals surface area contributed by atoms with E-state index in [1.54, 1.807) is 31.4 Å². The van der Waals surface area contributed by atoms with Crippen molar-refractivity contribution in [3.8, 4) is 5.75 Å². The molecule has 0 aliphatic rings. The number of ether oxygens (including phenoxy) is 1. The van der Waals surface area contributed by atoms with Crippen molar-refractivity contribution in [2.75, 3.05) is 12.4 Å². The molecule has 0 unspecified atom stereocenters. The number of anilines is 2. The van der Waals surface area contributed by atoms with Crippen LogP contribution in [0.3, 0.4) is 0 Å². The molecule has 28 heavy (non-hydrogen) atoms. The van der Waals surface area contributed by atoms with Crippen LogP contribution in [-0.4, -0.2) is 28.8 Å². The lowest BCUT2D eigenvalue weighted by atomic mass is 10.1. The van der Waals surface area contributed by atoms with Gasteiger partial charge in [-0.1, -0.05) is 12.1 Å². The summed E-state index contributed by atoms with van der Waals surface area (Å²) in [6.45, 7) is 1.90. The Bertz CT molecular complexity index is 952. The molecule has 3 aromatic rings. The lowest BCUT2D eigenvalue weighted by molar-refractivity contribution is 0.0944. The Kier molecular flexibility index (Phi) is 5.96. The van der Waals surface area contributed by atoms with Gasteiger partial charge in [-0.2, -0.15) is 0 Å². The van der Waals surface area contributed by atoms with Gasteiger partial charge in [0.25, 0.3) is 5.91 Å². The third-order valence-electron chi connectivity index (χ3n) is 4.06. The number of nitrogens with one attached hydrogen (secondary N) is 2. The molecule has 0 radical (unpaired) electrons. The Morgan fingerprint density at radius 2 is 1.68 bits per heavy atom. The fourth-order valence-electron chi connectivity index (χ4n) is 2.46. The number of methoxy groups -OCH3 is 1. The van der Waals surface area contributed by atoms with Gasteiger partial charge in [-0.05, 0) is 48.9 Å². The smallest absolute Gasteiger partial charge is 0.271 e. The minimum atomic E-state index is -0.305. The van der Waals surface area contributed by atoms with Gasteiger partial charge < -0.3 is 15.4 Å². The zero-order chi connectivity index (χ0) is 19.9. The normalized spacial score (nSPS) is 10.2. The first kappa shape index (κ1) is 19.0. The highest BCUT2D eigenvalue weighted by Gasteiger charge is 2.08. The number of aromatic nitrogens is 2. The average molecular weight is 376 g/mol. The Morgan fingerprint density at radius 3 is 2.25 bits per heavy atom. The molecule has 142 valence electrons. The van der Waals surface area contributed by atoms with Gasteiger partial charge >= 0.3 is 0 Å². The maximum Gasteiger partial charge on any atom is 0.271 e. The molecule has 0 saturated heterocycles. The summed E-state index contributed by atoms with van der Waals surface area (Å²) in [6.07, 6.45) is 2.90. The third kappa shape index (κ3) is 4.91. The molecule has 2 aromatic carbocycles. The predicted molar refractivity (Wildman–Crippen MR) is 106 cm³/mol. The van der Waals surface area contributed by atoms with Gasteiger partial charge in [0.2, 0.25) is 0 Å². The Balaban J connectivity index is 1.56. The first-order valence-corrected chi connectivity index (χ1v) is 8.66. The molecule has 7 heteroatoms. The number of carbonyl (C=O) groups is 2. The van der Waals surface area contributed by atoms with Gasteiger partial charge in [0.05, 0.1) is 19.5 Å². The monoisotopic (exact) mass is 376 g/mol. The second-order valence-electron chi connectivity index (χ2n) is 6.08. The first-order chi connectivity index (χ1) is 13.5. The van der Waals surface area contributed by atoms with Crippen LogP contribution in [0, 0.1) is 0 Å². The Hall–Kier alpha value is -3.74. The molecule has 0 aliphatic heterocycles. The molecule has 1 aromatic heterocycles. The first-order valence-electron chi connectivity index (χ1n) is 8.66. The minimum Gasteiger partial charge on any atom is -0.497 e. The molecule has 0 aliphatic carbocycles. The molecular weight excluding hydrogens is 356 g/mol. The summed E-state index contributed by atoms with van der Waals surface area (Å²) in [4.78, 5) is 31.9. The highest BCUT2D eigenvalue weighted by molar-refractivity contribution is 5.94. The van der Waals surface area contributed by atoms with Crippen LogP contribution in [-0.2, 0) is 6.54 Å². The van der Waals surface area contributed by atoms with Crippen molar-refractivity contribution >= 4 is 23.2 Å². The SMILES string of the molecule is COc1ccc(CNC(=O)c2cnc(Nc3ccc(C(C)=O)cc3)cn2)cc1. The van der Waals surface area contributed by atoms with Crippen molar-refractivity contribution in [2.45, 2.75) is 13.5 Å². The molecular formula is C21H20N4O3. The van der Waals surface area contributed by atoms with Crippen molar-refractivity contribution < 1.29 is 14.3 Å². The minimum absolute atomic E-state index is 0.0105. The number of ketones is 1. The van der Waals surface area contributed by atoms with E-state index >= 15 is 0 Å². The van der Waals surface area contributed by atoms with Gasteiger partial charge in [-0.25, -0.2) is 9.97 Å². The van der Waals surface area contributed by atoms with Crippen LogP contribution in [0.1, 0.15) is 33.3 Å². The molecule has 0 spiro atoms. The van der Waals surface area contributed by atoms with Gasteiger partial charge in [0, 0.05) is 17.8 Å². The summed E-state index contributed by atoms with van der Waals surface area (Å²) in [5.41, 5.74) is 2.59.